The maximum Gasteiger partial charge on any atom is 0.256 e. The number of hydrogen-bond acceptors (Lipinski definition) is 7. The number of allylic oxidation sites excluding steroid dienone is 1. The predicted octanol–water partition coefficient (Wildman–Crippen LogP) is 1.93. The van der Waals surface area contributed by atoms with Crippen molar-refractivity contribution in [1.82, 2.24) is 4.98 Å². The Morgan fingerprint density at radius 1 is 1.15 bits per heavy atom. The molecule has 0 radical (unpaired) electrons. The van der Waals surface area contributed by atoms with E-state index in [1.165, 1.54) is 21.3 Å². The molecule has 0 bridgehead atoms. The average Bonchev–Trinajstić information content (AvgIpc) is 2.65. The van der Waals surface area contributed by atoms with Crippen molar-refractivity contribution >= 4 is 0 Å². The van der Waals surface area contributed by atoms with Crippen LogP contribution in [0.5, 0.6) is 23.0 Å². The van der Waals surface area contributed by atoms with Crippen molar-refractivity contribution in [3.8, 4) is 29.1 Å². The smallest absolute Gasteiger partial charge is 0.256 e. The summed E-state index contributed by atoms with van der Waals surface area (Å²) in [5, 5.41) is 9.65. The minimum atomic E-state index is -0.739. The van der Waals surface area contributed by atoms with Gasteiger partial charge in [-0.05, 0) is 24.6 Å². The largest absolute Gasteiger partial charge is 0.493 e. The fourth-order valence-corrected chi connectivity index (χ4v) is 3.21. The van der Waals surface area contributed by atoms with Crippen LogP contribution in [0.3, 0.4) is 0 Å². The molecule has 0 unspecified atom stereocenters. The lowest BCUT2D eigenvalue weighted by atomic mass is 9.84. The molecule has 3 N–H and O–H groups in total. The Morgan fingerprint density at radius 3 is 2.30 bits per heavy atom. The Hall–Kier alpha value is -3.60. The number of ether oxygens (including phenoxy) is 4. The third kappa shape index (κ3) is 2.93. The van der Waals surface area contributed by atoms with Gasteiger partial charge in [0.05, 0.1) is 32.8 Å². The number of rotatable bonds is 4. The van der Waals surface area contributed by atoms with Crippen LogP contribution < -0.4 is 30.2 Å². The molecule has 0 amide bonds. The highest BCUT2D eigenvalue weighted by molar-refractivity contribution is 5.61. The second kappa shape index (κ2) is 6.96. The summed E-state index contributed by atoms with van der Waals surface area (Å²) in [6, 6.07) is 7.09. The normalized spacial score (nSPS) is 15.4. The van der Waals surface area contributed by atoms with E-state index in [4.69, 9.17) is 24.7 Å². The number of aromatic nitrogens is 1. The van der Waals surface area contributed by atoms with Crippen LogP contribution in [-0.2, 0) is 0 Å². The molecule has 27 heavy (non-hydrogen) atoms. The standard InChI is InChI=1S/C19H19N3O5/c1-9-5-12-16(19(23)22-9)15(11(8-20)18(21)27-12)10-6-13(24-2)17(26-4)14(7-10)25-3/h5-7,15H,21H2,1-4H3,(H,22,23)/t15-/m1/s1. The molecule has 1 atom stereocenters. The molecule has 1 aromatic carbocycles. The molecule has 8 heteroatoms. The van der Waals surface area contributed by atoms with Gasteiger partial charge in [-0.25, -0.2) is 0 Å². The van der Waals surface area contributed by atoms with E-state index < -0.39 is 5.92 Å². The first-order chi connectivity index (χ1) is 12.9. The van der Waals surface area contributed by atoms with Crippen LogP contribution in [0.25, 0.3) is 0 Å². The quantitative estimate of drug-likeness (QED) is 0.845. The van der Waals surface area contributed by atoms with E-state index in [9.17, 15) is 10.1 Å². The molecule has 1 aromatic heterocycles. The number of pyridine rings is 1. The van der Waals surface area contributed by atoms with Crippen molar-refractivity contribution in [3.05, 3.63) is 56.8 Å². The molecule has 1 aliphatic heterocycles. The molecule has 2 heterocycles. The molecular weight excluding hydrogens is 350 g/mol. The monoisotopic (exact) mass is 369 g/mol. The number of hydrogen-bond donors (Lipinski definition) is 2. The first-order valence-corrected chi connectivity index (χ1v) is 8.06. The lowest BCUT2D eigenvalue weighted by Gasteiger charge is -2.26. The van der Waals surface area contributed by atoms with E-state index in [2.05, 4.69) is 11.1 Å². The number of nitriles is 1. The number of aryl methyl sites for hydroxylation is 1. The second-order valence-electron chi connectivity index (χ2n) is 5.94. The number of nitrogens with zero attached hydrogens (tertiary/aromatic N) is 1. The van der Waals surface area contributed by atoms with Gasteiger partial charge < -0.3 is 29.7 Å². The Balaban J connectivity index is 2.34. The highest BCUT2D eigenvalue weighted by atomic mass is 16.5. The SMILES string of the molecule is COc1cc([C@@H]2C(C#N)=C(N)Oc3cc(C)[nH]c(=O)c32)cc(OC)c1OC. The number of benzene rings is 1. The summed E-state index contributed by atoms with van der Waals surface area (Å²) in [7, 11) is 4.48. The second-order valence-corrected chi connectivity index (χ2v) is 5.94. The molecule has 0 aliphatic carbocycles. The van der Waals surface area contributed by atoms with Gasteiger partial charge in [0.2, 0.25) is 11.6 Å². The number of fused-ring (bicyclic) bond motifs is 1. The minimum absolute atomic E-state index is 0.0475. The summed E-state index contributed by atoms with van der Waals surface area (Å²) >= 11 is 0. The fourth-order valence-electron chi connectivity index (χ4n) is 3.21. The first-order valence-electron chi connectivity index (χ1n) is 8.06. The van der Waals surface area contributed by atoms with Crippen LogP contribution in [0.4, 0.5) is 0 Å². The molecule has 1 aliphatic rings. The summed E-state index contributed by atoms with van der Waals surface area (Å²) in [4.78, 5) is 15.4. The lowest BCUT2D eigenvalue weighted by Crippen LogP contribution is -2.28. The Bertz CT molecular complexity index is 1010. The van der Waals surface area contributed by atoms with Crippen molar-refractivity contribution in [3.63, 3.8) is 0 Å². The molecule has 0 saturated heterocycles. The molecule has 0 spiro atoms. The minimum Gasteiger partial charge on any atom is -0.493 e. The summed E-state index contributed by atoms with van der Waals surface area (Å²) in [5.74, 6) is 0.736. The zero-order chi connectivity index (χ0) is 19.7. The van der Waals surface area contributed by atoms with Crippen LogP contribution in [-0.4, -0.2) is 26.3 Å². The number of methoxy groups -OCH3 is 3. The Kier molecular flexibility index (Phi) is 4.69. The van der Waals surface area contributed by atoms with E-state index in [-0.39, 0.29) is 17.0 Å². The number of H-pyrrole nitrogens is 1. The summed E-state index contributed by atoms with van der Waals surface area (Å²) in [6.45, 7) is 1.74. The number of aromatic amines is 1. The van der Waals surface area contributed by atoms with Gasteiger partial charge in [-0.2, -0.15) is 5.26 Å². The van der Waals surface area contributed by atoms with Gasteiger partial charge in [-0.15, -0.1) is 0 Å². The van der Waals surface area contributed by atoms with Crippen molar-refractivity contribution < 1.29 is 18.9 Å². The van der Waals surface area contributed by atoms with E-state index in [0.717, 1.165) is 0 Å². The fraction of sp³-hybridized carbons (Fsp3) is 0.263. The average molecular weight is 369 g/mol. The predicted molar refractivity (Wildman–Crippen MR) is 97.2 cm³/mol. The van der Waals surface area contributed by atoms with Crippen LogP contribution in [0.15, 0.2) is 34.4 Å². The lowest BCUT2D eigenvalue weighted by molar-refractivity contribution is 0.323. The molecule has 2 aromatic rings. The Morgan fingerprint density at radius 2 is 1.78 bits per heavy atom. The maximum atomic E-state index is 12.7. The van der Waals surface area contributed by atoms with Crippen LogP contribution in [0.1, 0.15) is 22.7 Å². The summed E-state index contributed by atoms with van der Waals surface area (Å²) in [5.41, 5.74) is 7.24. The van der Waals surface area contributed by atoms with Crippen LogP contribution in [0, 0.1) is 18.3 Å². The summed E-state index contributed by atoms with van der Waals surface area (Å²) in [6.07, 6.45) is 0. The molecule has 8 nitrogen and oxygen atoms in total. The molecule has 0 saturated carbocycles. The van der Waals surface area contributed by atoms with Crippen molar-refractivity contribution in [2.45, 2.75) is 12.8 Å². The van der Waals surface area contributed by atoms with Gasteiger partial charge >= 0.3 is 0 Å². The van der Waals surface area contributed by atoms with Crippen LogP contribution >= 0.6 is 0 Å². The van der Waals surface area contributed by atoms with E-state index in [1.807, 2.05) is 0 Å². The number of nitrogens with one attached hydrogen (secondary N) is 1. The van der Waals surface area contributed by atoms with Crippen molar-refractivity contribution in [1.29, 1.82) is 5.26 Å². The third-order valence-corrected chi connectivity index (χ3v) is 4.37. The van der Waals surface area contributed by atoms with E-state index in [0.29, 0.717) is 39.8 Å². The maximum absolute atomic E-state index is 12.7. The number of nitrogens with two attached hydrogens (primary N) is 1. The molecule has 140 valence electrons. The highest BCUT2D eigenvalue weighted by Crippen LogP contribution is 2.45. The highest BCUT2D eigenvalue weighted by Gasteiger charge is 2.34. The third-order valence-electron chi connectivity index (χ3n) is 4.37. The van der Waals surface area contributed by atoms with Crippen molar-refractivity contribution in [2.75, 3.05) is 21.3 Å². The van der Waals surface area contributed by atoms with Crippen LogP contribution in [0.2, 0.25) is 0 Å². The first kappa shape index (κ1) is 18.2. The van der Waals surface area contributed by atoms with Gasteiger partial charge in [0.25, 0.3) is 5.56 Å². The van der Waals surface area contributed by atoms with Gasteiger partial charge in [0, 0.05) is 11.8 Å². The molecular formula is C19H19N3O5. The Labute approximate surface area is 155 Å². The van der Waals surface area contributed by atoms with Gasteiger partial charge in [0.15, 0.2) is 11.5 Å². The van der Waals surface area contributed by atoms with Gasteiger partial charge in [-0.3, -0.25) is 4.79 Å². The van der Waals surface area contributed by atoms with E-state index >= 15 is 0 Å². The van der Waals surface area contributed by atoms with Crippen molar-refractivity contribution in [2.24, 2.45) is 5.73 Å². The zero-order valence-electron chi connectivity index (χ0n) is 15.4. The molecule has 3 rings (SSSR count). The molecule has 0 fully saturated rings. The topological polar surface area (TPSA) is 120 Å². The van der Waals surface area contributed by atoms with Gasteiger partial charge in [-0.1, -0.05) is 0 Å². The van der Waals surface area contributed by atoms with E-state index in [1.54, 1.807) is 25.1 Å². The summed E-state index contributed by atoms with van der Waals surface area (Å²) < 4.78 is 21.7. The zero-order valence-corrected chi connectivity index (χ0v) is 15.4. The van der Waals surface area contributed by atoms with Gasteiger partial charge in [0.1, 0.15) is 17.4 Å².